The lowest BCUT2D eigenvalue weighted by Crippen LogP contribution is -2.46. The Kier molecular flexibility index (Phi) is 3.98. The van der Waals surface area contributed by atoms with Gasteiger partial charge in [0.05, 0.1) is 25.3 Å². The summed E-state index contributed by atoms with van der Waals surface area (Å²) in [6.07, 6.45) is 3.77. The van der Waals surface area contributed by atoms with E-state index in [1.165, 1.54) is 7.11 Å². The van der Waals surface area contributed by atoms with Gasteiger partial charge in [-0.2, -0.15) is 4.98 Å². The molecule has 0 bridgehead atoms. The van der Waals surface area contributed by atoms with E-state index in [-0.39, 0.29) is 32.5 Å². The van der Waals surface area contributed by atoms with E-state index in [9.17, 15) is 9.18 Å². The van der Waals surface area contributed by atoms with Crippen molar-refractivity contribution in [2.45, 2.75) is 28.7 Å². The van der Waals surface area contributed by atoms with E-state index >= 15 is 0 Å². The van der Waals surface area contributed by atoms with Crippen molar-refractivity contribution in [3.05, 3.63) is 17.3 Å². The first-order valence-corrected chi connectivity index (χ1v) is 8.12. The summed E-state index contributed by atoms with van der Waals surface area (Å²) in [5.41, 5.74) is 0. The number of aromatic nitrogens is 2. The second-order valence-corrected chi connectivity index (χ2v) is 7.84. The molecule has 0 aliphatic heterocycles. The van der Waals surface area contributed by atoms with E-state index in [4.69, 9.17) is 16.3 Å². The molecule has 2 aliphatic rings. The number of halogens is 3. The largest absolute Gasteiger partial charge is 0.469 e. The number of hydrogen-bond acceptors (Lipinski definition) is 5. The van der Waals surface area contributed by atoms with Crippen LogP contribution < -0.4 is 5.32 Å². The SMILES string of the molecule is COC(=O)[C@@H]1CCC2C[C@@]2(I)[C@H]1Nc1nc(Cl)ncc1F. The highest BCUT2D eigenvalue weighted by Gasteiger charge is 2.63. The van der Waals surface area contributed by atoms with Gasteiger partial charge in [-0.1, -0.05) is 22.6 Å². The molecular formula is C13H14ClFIN3O2. The summed E-state index contributed by atoms with van der Waals surface area (Å²) < 4.78 is 18.7. The molecule has 0 spiro atoms. The fraction of sp³-hybridized carbons (Fsp3) is 0.615. The number of methoxy groups -OCH3 is 1. The molecule has 0 radical (unpaired) electrons. The molecule has 0 saturated heterocycles. The summed E-state index contributed by atoms with van der Waals surface area (Å²) in [5.74, 6) is -0.562. The van der Waals surface area contributed by atoms with Gasteiger partial charge >= 0.3 is 5.97 Å². The van der Waals surface area contributed by atoms with Crippen LogP contribution in [0.4, 0.5) is 10.2 Å². The Morgan fingerprint density at radius 2 is 2.38 bits per heavy atom. The van der Waals surface area contributed by atoms with E-state index in [0.717, 1.165) is 25.5 Å². The van der Waals surface area contributed by atoms with Gasteiger partial charge in [0.1, 0.15) is 0 Å². The van der Waals surface area contributed by atoms with Crippen LogP contribution in [0, 0.1) is 17.7 Å². The van der Waals surface area contributed by atoms with Gasteiger partial charge in [-0.25, -0.2) is 9.37 Å². The molecule has 21 heavy (non-hydrogen) atoms. The van der Waals surface area contributed by atoms with Crippen molar-refractivity contribution in [3.8, 4) is 0 Å². The molecular weight excluding hydrogens is 412 g/mol. The fourth-order valence-corrected chi connectivity index (χ4v) is 4.71. The summed E-state index contributed by atoms with van der Waals surface area (Å²) in [4.78, 5) is 19.5. The lowest BCUT2D eigenvalue weighted by atomic mass is 9.84. The summed E-state index contributed by atoms with van der Waals surface area (Å²) in [6, 6.07) is -0.218. The number of hydrogen-bond donors (Lipinski definition) is 1. The lowest BCUT2D eigenvalue weighted by molar-refractivity contribution is -0.146. The number of ether oxygens (including phenoxy) is 1. The molecule has 0 amide bonds. The molecule has 0 aromatic carbocycles. The molecule has 3 rings (SSSR count). The van der Waals surface area contributed by atoms with Crippen LogP contribution in [-0.4, -0.2) is 32.5 Å². The molecule has 5 nitrogen and oxygen atoms in total. The van der Waals surface area contributed by atoms with Gasteiger partial charge in [-0.05, 0) is 36.8 Å². The predicted molar refractivity (Wildman–Crippen MR) is 84.0 cm³/mol. The van der Waals surface area contributed by atoms with Crippen molar-refractivity contribution in [2.24, 2.45) is 11.8 Å². The number of rotatable bonds is 3. The van der Waals surface area contributed by atoms with Gasteiger partial charge in [-0.15, -0.1) is 0 Å². The van der Waals surface area contributed by atoms with Crippen molar-refractivity contribution in [2.75, 3.05) is 12.4 Å². The number of esters is 1. The van der Waals surface area contributed by atoms with Gasteiger partial charge in [-0.3, -0.25) is 4.79 Å². The maximum Gasteiger partial charge on any atom is 0.310 e. The molecule has 4 atom stereocenters. The number of carbonyl (C=O) groups is 1. The zero-order valence-electron chi connectivity index (χ0n) is 11.3. The van der Waals surface area contributed by atoms with Crippen LogP contribution in [-0.2, 0) is 9.53 Å². The number of nitrogens with zero attached hydrogens (tertiary/aromatic N) is 2. The number of carbonyl (C=O) groups excluding carboxylic acids is 1. The third-order valence-electron chi connectivity index (χ3n) is 4.33. The molecule has 2 fully saturated rings. The highest BCUT2D eigenvalue weighted by molar-refractivity contribution is 14.1. The Balaban J connectivity index is 1.89. The van der Waals surface area contributed by atoms with Gasteiger partial charge in [0.2, 0.25) is 5.28 Å². The zero-order valence-corrected chi connectivity index (χ0v) is 14.2. The highest BCUT2D eigenvalue weighted by Crippen LogP contribution is 2.62. The third kappa shape index (κ3) is 2.69. The van der Waals surface area contributed by atoms with Crippen LogP contribution in [0.15, 0.2) is 6.20 Å². The first-order chi connectivity index (χ1) is 9.95. The van der Waals surface area contributed by atoms with Gasteiger partial charge in [0, 0.05) is 3.42 Å². The van der Waals surface area contributed by atoms with Crippen molar-refractivity contribution in [3.63, 3.8) is 0 Å². The molecule has 1 aromatic heterocycles. The minimum atomic E-state index is -0.578. The number of alkyl halides is 1. The second-order valence-electron chi connectivity index (χ2n) is 5.49. The van der Waals surface area contributed by atoms with Crippen LogP contribution in [0.1, 0.15) is 19.3 Å². The van der Waals surface area contributed by atoms with Gasteiger partial charge < -0.3 is 10.1 Å². The van der Waals surface area contributed by atoms with E-state index in [1.807, 2.05) is 0 Å². The monoisotopic (exact) mass is 425 g/mol. The quantitative estimate of drug-likeness (QED) is 0.349. The number of anilines is 1. The Labute approximate surface area is 140 Å². The standard InChI is InChI=1S/C13H14ClFIN3O2/c1-21-11(20)7-3-2-6-4-13(6,16)9(7)18-10-8(15)5-17-12(14)19-10/h5-7,9H,2-4H2,1H3,(H,17,18,19)/t6?,7-,9+,13+/m1/s1. The first kappa shape index (κ1) is 15.2. The highest BCUT2D eigenvalue weighted by atomic mass is 127. The summed E-state index contributed by atoms with van der Waals surface area (Å²) in [5, 5.41) is 3.04. The smallest absolute Gasteiger partial charge is 0.310 e. The number of nitrogens with one attached hydrogen (secondary N) is 1. The average molecular weight is 426 g/mol. The minimum absolute atomic E-state index is 0.0285. The molecule has 1 N–H and O–H groups in total. The van der Waals surface area contributed by atoms with Crippen LogP contribution >= 0.6 is 34.2 Å². The van der Waals surface area contributed by atoms with Crippen molar-refractivity contribution < 1.29 is 13.9 Å². The maximum absolute atomic E-state index is 13.8. The first-order valence-electron chi connectivity index (χ1n) is 6.67. The zero-order chi connectivity index (χ0) is 15.2. The summed E-state index contributed by atoms with van der Waals surface area (Å²) >= 11 is 8.09. The van der Waals surface area contributed by atoms with E-state index in [0.29, 0.717) is 5.92 Å². The minimum Gasteiger partial charge on any atom is -0.469 e. The van der Waals surface area contributed by atoms with E-state index in [2.05, 4.69) is 37.9 Å². The third-order valence-corrected chi connectivity index (χ3v) is 6.51. The van der Waals surface area contributed by atoms with Crippen LogP contribution in [0.5, 0.6) is 0 Å². The molecule has 1 heterocycles. The van der Waals surface area contributed by atoms with Crippen molar-refractivity contribution in [1.29, 1.82) is 0 Å². The maximum atomic E-state index is 13.8. The van der Waals surface area contributed by atoms with Crippen molar-refractivity contribution >= 4 is 46.0 Å². The average Bonchev–Trinajstić information content (AvgIpc) is 3.14. The van der Waals surface area contributed by atoms with Crippen LogP contribution in [0.2, 0.25) is 5.28 Å². The predicted octanol–water partition coefficient (Wildman–Crippen LogP) is 2.83. The molecule has 8 heteroatoms. The lowest BCUT2D eigenvalue weighted by Gasteiger charge is -2.35. The molecule has 1 unspecified atom stereocenters. The Hall–Kier alpha value is -0.700. The summed E-state index contributed by atoms with van der Waals surface area (Å²) in [6.45, 7) is 0. The normalized spacial score (nSPS) is 34.0. The molecule has 114 valence electrons. The van der Waals surface area contributed by atoms with Gasteiger partial charge in [0.25, 0.3) is 0 Å². The Bertz CT molecular complexity index is 591. The van der Waals surface area contributed by atoms with E-state index in [1.54, 1.807) is 0 Å². The topological polar surface area (TPSA) is 64.1 Å². The molecule has 2 aliphatic carbocycles. The molecule has 2 saturated carbocycles. The second kappa shape index (κ2) is 5.49. The number of fused-ring (bicyclic) bond motifs is 1. The van der Waals surface area contributed by atoms with Gasteiger partial charge in [0.15, 0.2) is 11.6 Å². The van der Waals surface area contributed by atoms with Crippen LogP contribution in [0.25, 0.3) is 0 Å². The van der Waals surface area contributed by atoms with Crippen molar-refractivity contribution in [1.82, 2.24) is 9.97 Å². The Morgan fingerprint density at radius 1 is 1.62 bits per heavy atom. The van der Waals surface area contributed by atoms with Crippen LogP contribution in [0.3, 0.4) is 0 Å². The summed E-state index contributed by atoms with van der Waals surface area (Å²) in [7, 11) is 1.38. The fourth-order valence-electron chi connectivity index (χ4n) is 3.14. The van der Waals surface area contributed by atoms with E-state index < -0.39 is 5.82 Å². The Morgan fingerprint density at radius 3 is 3.10 bits per heavy atom. The molecule has 1 aromatic rings.